The SMILES string of the molecule is N#Cc1cc(OC2C[C@H]3CC[C@@H](C2)N3)cc(-c2ncccc2C#N)c1.[HH]. The standard InChI is InChI=1S/C20H18N4O.H2/c21-11-13-6-15(20-14(12-22)2-1-5-23-20)8-18(7-13)25-19-9-16-3-4-17(10-19)24-16;/h1-2,5-8,16-17,19,24H,3-4,9-10H2;1H/t16-,17+,19?;. The zero-order valence-electron chi connectivity index (χ0n) is 13.8. The van der Waals surface area contributed by atoms with E-state index in [-0.39, 0.29) is 7.53 Å². The van der Waals surface area contributed by atoms with Crippen molar-refractivity contribution in [1.82, 2.24) is 10.3 Å². The summed E-state index contributed by atoms with van der Waals surface area (Å²) in [5, 5.41) is 22.3. The minimum absolute atomic E-state index is 0. The number of ether oxygens (including phenoxy) is 1. The van der Waals surface area contributed by atoms with Crippen LogP contribution in [0, 0.1) is 22.7 Å². The number of rotatable bonds is 3. The molecule has 0 radical (unpaired) electrons. The minimum Gasteiger partial charge on any atom is -0.490 e. The molecule has 5 nitrogen and oxygen atoms in total. The van der Waals surface area contributed by atoms with E-state index < -0.39 is 0 Å². The van der Waals surface area contributed by atoms with Crippen molar-refractivity contribution in [1.29, 1.82) is 10.5 Å². The van der Waals surface area contributed by atoms with E-state index in [9.17, 15) is 10.5 Å². The number of piperidine rings is 1. The Labute approximate surface area is 148 Å². The lowest BCUT2D eigenvalue weighted by atomic mass is 10.0. The largest absolute Gasteiger partial charge is 0.490 e. The van der Waals surface area contributed by atoms with E-state index >= 15 is 0 Å². The quantitative estimate of drug-likeness (QED) is 0.931. The van der Waals surface area contributed by atoms with Gasteiger partial charge in [0.25, 0.3) is 0 Å². The Morgan fingerprint density at radius 1 is 1.12 bits per heavy atom. The Morgan fingerprint density at radius 3 is 2.64 bits per heavy atom. The molecule has 4 rings (SSSR count). The number of benzene rings is 1. The predicted octanol–water partition coefficient (Wildman–Crippen LogP) is 3.40. The molecule has 25 heavy (non-hydrogen) atoms. The van der Waals surface area contributed by atoms with Gasteiger partial charge < -0.3 is 10.1 Å². The zero-order chi connectivity index (χ0) is 17.2. The van der Waals surface area contributed by atoms with Gasteiger partial charge in [-0.05, 0) is 56.0 Å². The summed E-state index contributed by atoms with van der Waals surface area (Å²) in [6.07, 6.45) is 6.24. The first-order chi connectivity index (χ1) is 12.2. The van der Waals surface area contributed by atoms with Crippen LogP contribution in [0.15, 0.2) is 36.5 Å². The lowest BCUT2D eigenvalue weighted by Crippen LogP contribution is -2.42. The number of fused-ring (bicyclic) bond motifs is 2. The van der Waals surface area contributed by atoms with Crippen molar-refractivity contribution in [3.05, 3.63) is 47.7 Å². The van der Waals surface area contributed by atoms with E-state index in [0.717, 1.165) is 18.4 Å². The molecule has 0 saturated carbocycles. The fourth-order valence-electron chi connectivity index (χ4n) is 3.89. The smallest absolute Gasteiger partial charge is 0.121 e. The summed E-state index contributed by atoms with van der Waals surface area (Å²) in [7, 11) is 0. The Balaban J connectivity index is 0.00000196. The normalized spacial score (nSPS) is 24.3. The molecule has 1 unspecified atom stereocenters. The number of nitrogens with one attached hydrogen (secondary N) is 1. The fraction of sp³-hybridized carbons (Fsp3) is 0.350. The van der Waals surface area contributed by atoms with Gasteiger partial charge in [-0.2, -0.15) is 10.5 Å². The number of nitrogens with zero attached hydrogens (tertiary/aromatic N) is 3. The van der Waals surface area contributed by atoms with Gasteiger partial charge in [0.1, 0.15) is 17.9 Å². The molecule has 1 aromatic carbocycles. The van der Waals surface area contributed by atoms with Crippen molar-refractivity contribution in [2.45, 2.75) is 43.9 Å². The summed E-state index contributed by atoms with van der Waals surface area (Å²) in [5.74, 6) is 0.676. The van der Waals surface area contributed by atoms with Crippen LogP contribution < -0.4 is 10.1 Å². The predicted molar refractivity (Wildman–Crippen MR) is 94.8 cm³/mol. The Morgan fingerprint density at radius 2 is 1.92 bits per heavy atom. The molecule has 2 fully saturated rings. The highest BCUT2D eigenvalue weighted by atomic mass is 16.5. The molecule has 1 N–H and O–H groups in total. The van der Waals surface area contributed by atoms with Crippen molar-refractivity contribution in [3.8, 4) is 29.1 Å². The summed E-state index contributed by atoms with van der Waals surface area (Å²) < 4.78 is 6.21. The second-order valence-electron chi connectivity index (χ2n) is 6.72. The van der Waals surface area contributed by atoms with E-state index in [4.69, 9.17) is 4.74 Å². The van der Waals surface area contributed by atoms with Crippen LogP contribution in [0.5, 0.6) is 5.75 Å². The zero-order valence-corrected chi connectivity index (χ0v) is 13.8. The van der Waals surface area contributed by atoms with Crippen LogP contribution in [0.3, 0.4) is 0 Å². The number of hydrogen-bond acceptors (Lipinski definition) is 5. The van der Waals surface area contributed by atoms with E-state index in [1.807, 2.05) is 6.07 Å². The fourth-order valence-corrected chi connectivity index (χ4v) is 3.89. The van der Waals surface area contributed by atoms with Gasteiger partial charge in [0.05, 0.1) is 22.9 Å². The third-order valence-electron chi connectivity index (χ3n) is 4.97. The molecule has 0 aliphatic carbocycles. The van der Waals surface area contributed by atoms with Gasteiger partial charge in [-0.25, -0.2) is 0 Å². The molecule has 0 spiro atoms. The molecule has 3 heterocycles. The topological polar surface area (TPSA) is 81.7 Å². The summed E-state index contributed by atoms with van der Waals surface area (Å²) in [6.45, 7) is 0. The van der Waals surface area contributed by atoms with Crippen molar-refractivity contribution < 1.29 is 6.16 Å². The molecule has 2 bridgehead atoms. The highest BCUT2D eigenvalue weighted by molar-refractivity contribution is 5.69. The van der Waals surface area contributed by atoms with Gasteiger partial charge in [0.2, 0.25) is 0 Å². The first kappa shape index (κ1) is 15.6. The molecule has 5 heteroatoms. The summed E-state index contributed by atoms with van der Waals surface area (Å²) in [4.78, 5) is 4.32. The maximum atomic E-state index is 9.36. The first-order valence-corrected chi connectivity index (χ1v) is 8.58. The first-order valence-electron chi connectivity index (χ1n) is 8.58. The summed E-state index contributed by atoms with van der Waals surface area (Å²) >= 11 is 0. The van der Waals surface area contributed by atoms with Gasteiger partial charge in [-0.1, -0.05) is 0 Å². The monoisotopic (exact) mass is 332 g/mol. The number of aromatic nitrogens is 1. The lowest BCUT2D eigenvalue weighted by Gasteiger charge is -2.29. The number of pyridine rings is 1. The second kappa shape index (κ2) is 6.55. The molecular formula is C20H20N4O. The van der Waals surface area contributed by atoms with E-state index in [1.54, 1.807) is 30.5 Å². The Kier molecular flexibility index (Phi) is 4.09. The maximum absolute atomic E-state index is 9.36. The molecule has 126 valence electrons. The summed E-state index contributed by atoms with van der Waals surface area (Å²) in [5.41, 5.74) is 2.32. The minimum atomic E-state index is 0. The van der Waals surface area contributed by atoms with E-state index in [1.165, 1.54) is 12.8 Å². The van der Waals surface area contributed by atoms with Crippen molar-refractivity contribution in [2.24, 2.45) is 0 Å². The molecule has 3 atom stereocenters. The molecule has 2 aromatic rings. The van der Waals surface area contributed by atoms with E-state index in [0.29, 0.717) is 34.7 Å². The average Bonchev–Trinajstić information content (AvgIpc) is 2.99. The van der Waals surface area contributed by atoms with Crippen LogP contribution in [0.2, 0.25) is 0 Å². The number of hydrogen-bond donors (Lipinski definition) is 1. The highest BCUT2D eigenvalue weighted by Crippen LogP contribution is 2.32. The van der Waals surface area contributed by atoms with Crippen molar-refractivity contribution in [3.63, 3.8) is 0 Å². The summed E-state index contributed by atoms with van der Waals surface area (Å²) in [6, 6.07) is 14.3. The van der Waals surface area contributed by atoms with Crippen LogP contribution in [0.4, 0.5) is 0 Å². The van der Waals surface area contributed by atoms with Crippen LogP contribution in [-0.4, -0.2) is 23.2 Å². The van der Waals surface area contributed by atoms with Crippen LogP contribution in [-0.2, 0) is 0 Å². The van der Waals surface area contributed by atoms with Crippen molar-refractivity contribution >= 4 is 0 Å². The van der Waals surface area contributed by atoms with Gasteiger partial charge in [0, 0.05) is 25.3 Å². The highest BCUT2D eigenvalue weighted by Gasteiger charge is 2.34. The van der Waals surface area contributed by atoms with Crippen molar-refractivity contribution in [2.75, 3.05) is 0 Å². The molecule has 2 saturated heterocycles. The number of nitriles is 2. The third-order valence-corrected chi connectivity index (χ3v) is 4.97. The molecule has 0 amide bonds. The molecule has 2 aliphatic heterocycles. The van der Waals surface area contributed by atoms with Crippen LogP contribution in [0.1, 0.15) is 38.2 Å². The second-order valence-corrected chi connectivity index (χ2v) is 6.72. The Bertz CT molecular complexity index is 874. The lowest BCUT2D eigenvalue weighted by molar-refractivity contribution is 0.137. The van der Waals surface area contributed by atoms with Crippen LogP contribution >= 0.6 is 0 Å². The van der Waals surface area contributed by atoms with Gasteiger partial charge >= 0.3 is 0 Å². The average molecular weight is 332 g/mol. The molecule has 2 aliphatic rings. The van der Waals surface area contributed by atoms with Gasteiger partial charge in [-0.3, -0.25) is 4.98 Å². The van der Waals surface area contributed by atoms with Gasteiger partial charge in [-0.15, -0.1) is 0 Å². The third kappa shape index (κ3) is 3.20. The van der Waals surface area contributed by atoms with Crippen LogP contribution in [0.25, 0.3) is 11.3 Å². The van der Waals surface area contributed by atoms with Gasteiger partial charge in [0.15, 0.2) is 0 Å². The van der Waals surface area contributed by atoms with E-state index in [2.05, 4.69) is 22.4 Å². The Hall–Kier alpha value is -2.89. The molecular weight excluding hydrogens is 312 g/mol. The molecule has 1 aromatic heterocycles. The maximum Gasteiger partial charge on any atom is 0.121 e.